The second kappa shape index (κ2) is 11.5. The molecule has 0 radical (unpaired) electrons. The summed E-state index contributed by atoms with van der Waals surface area (Å²) in [5, 5.41) is 15.7. The van der Waals surface area contributed by atoms with Crippen LogP contribution in [0.25, 0.3) is 5.69 Å². The molecule has 1 heterocycles. The third-order valence-electron chi connectivity index (χ3n) is 6.47. The number of hydrogen-bond acceptors (Lipinski definition) is 6. The number of ether oxygens (including phenoxy) is 3. The Morgan fingerprint density at radius 1 is 0.946 bits per heavy atom. The van der Waals surface area contributed by atoms with Crippen molar-refractivity contribution >= 4 is 0 Å². The maximum absolute atomic E-state index is 10.8. The summed E-state index contributed by atoms with van der Waals surface area (Å²) >= 11 is 0. The molecule has 0 amide bonds. The van der Waals surface area contributed by atoms with Gasteiger partial charge in [0.1, 0.15) is 18.5 Å². The van der Waals surface area contributed by atoms with Crippen molar-refractivity contribution in [3.63, 3.8) is 0 Å². The Kier molecular flexibility index (Phi) is 7.73. The fraction of sp³-hybridized carbons (Fsp3) is 0.300. The van der Waals surface area contributed by atoms with Crippen LogP contribution in [0.5, 0.6) is 23.1 Å². The van der Waals surface area contributed by atoms with Crippen molar-refractivity contribution in [3.05, 3.63) is 96.2 Å². The van der Waals surface area contributed by atoms with Crippen molar-refractivity contribution in [2.24, 2.45) is 0 Å². The smallest absolute Gasteiger partial charge is 0.227 e. The SMILES string of the molecule is COc1ccccc1Oc1c(CN(C[C@@H](O)COc2ccccc2)C2CC2)c(C)nn1-c1ccccc1. The maximum atomic E-state index is 10.8. The predicted octanol–water partition coefficient (Wildman–Crippen LogP) is 5.39. The van der Waals surface area contributed by atoms with E-state index in [4.69, 9.17) is 19.3 Å². The van der Waals surface area contributed by atoms with E-state index in [2.05, 4.69) is 4.90 Å². The summed E-state index contributed by atoms with van der Waals surface area (Å²) in [6.45, 7) is 3.35. The standard InChI is InChI=1S/C30H33N3O4/c1-22-27(20-32(23-17-18-23)19-25(34)21-36-26-13-7-4-8-14-26)30(33(31-22)24-11-5-3-6-12-24)37-29-16-10-9-15-28(29)35-2/h3-16,23,25,34H,17-21H2,1-2H3/t25-/m1/s1. The molecule has 1 atom stereocenters. The minimum Gasteiger partial charge on any atom is -0.493 e. The first-order chi connectivity index (χ1) is 18.1. The highest BCUT2D eigenvalue weighted by Gasteiger charge is 2.33. The zero-order valence-electron chi connectivity index (χ0n) is 21.3. The highest BCUT2D eigenvalue weighted by atomic mass is 16.5. The maximum Gasteiger partial charge on any atom is 0.227 e. The third-order valence-corrected chi connectivity index (χ3v) is 6.47. The van der Waals surface area contributed by atoms with Crippen molar-refractivity contribution in [3.8, 4) is 28.8 Å². The topological polar surface area (TPSA) is 69.0 Å². The summed E-state index contributed by atoms with van der Waals surface area (Å²) in [5.41, 5.74) is 2.78. The molecule has 0 spiro atoms. The molecule has 1 aromatic heterocycles. The lowest BCUT2D eigenvalue weighted by molar-refractivity contribution is 0.0623. The van der Waals surface area contributed by atoms with Crippen LogP contribution in [0.2, 0.25) is 0 Å². The van der Waals surface area contributed by atoms with E-state index in [0.29, 0.717) is 36.5 Å². The Balaban J connectivity index is 1.41. The van der Waals surface area contributed by atoms with Gasteiger partial charge in [-0.05, 0) is 56.2 Å². The second-order valence-corrected chi connectivity index (χ2v) is 9.31. The molecular weight excluding hydrogens is 466 g/mol. The Bertz CT molecular complexity index is 1290. The zero-order valence-corrected chi connectivity index (χ0v) is 21.3. The minimum absolute atomic E-state index is 0.236. The highest BCUT2D eigenvalue weighted by molar-refractivity contribution is 5.47. The molecule has 0 aliphatic heterocycles. The zero-order chi connectivity index (χ0) is 25.6. The molecule has 1 saturated carbocycles. The fourth-order valence-electron chi connectivity index (χ4n) is 4.39. The Hall–Kier alpha value is -3.81. The van der Waals surface area contributed by atoms with Crippen LogP contribution in [0.1, 0.15) is 24.1 Å². The lowest BCUT2D eigenvalue weighted by Gasteiger charge is -2.25. The van der Waals surface area contributed by atoms with Gasteiger partial charge in [0.05, 0.1) is 24.1 Å². The molecule has 1 aliphatic carbocycles. The van der Waals surface area contributed by atoms with E-state index < -0.39 is 6.10 Å². The molecule has 1 aliphatic rings. The van der Waals surface area contributed by atoms with Crippen LogP contribution >= 0.6 is 0 Å². The number of aliphatic hydroxyl groups excluding tert-OH is 1. The molecule has 4 aromatic rings. The van der Waals surface area contributed by atoms with Gasteiger partial charge in [-0.3, -0.25) is 4.90 Å². The normalized spacial score (nSPS) is 13.9. The van der Waals surface area contributed by atoms with Crippen LogP contribution in [-0.2, 0) is 6.54 Å². The first-order valence-electron chi connectivity index (χ1n) is 12.7. The minimum atomic E-state index is -0.621. The molecule has 7 heteroatoms. The van der Waals surface area contributed by atoms with Crippen molar-refractivity contribution < 1.29 is 19.3 Å². The number of para-hydroxylation sites is 4. The molecule has 0 unspecified atom stereocenters. The molecule has 1 fully saturated rings. The van der Waals surface area contributed by atoms with E-state index in [0.717, 1.165) is 35.5 Å². The van der Waals surface area contributed by atoms with Gasteiger partial charge in [0.15, 0.2) is 11.5 Å². The average Bonchev–Trinajstić information content (AvgIpc) is 3.74. The lowest BCUT2D eigenvalue weighted by atomic mass is 10.2. The molecule has 0 saturated heterocycles. The van der Waals surface area contributed by atoms with E-state index in [1.54, 1.807) is 7.11 Å². The van der Waals surface area contributed by atoms with Crippen molar-refractivity contribution in [1.29, 1.82) is 0 Å². The van der Waals surface area contributed by atoms with Crippen LogP contribution in [0, 0.1) is 6.92 Å². The largest absolute Gasteiger partial charge is 0.493 e. The van der Waals surface area contributed by atoms with Gasteiger partial charge in [0.25, 0.3) is 0 Å². The number of aromatic nitrogens is 2. The number of aliphatic hydroxyl groups is 1. The fourth-order valence-corrected chi connectivity index (χ4v) is 4.39. The van der Waals surface area contributed by atoms with Crippen molar-refractivity contribution in [1.82, 2.24) is 14.7 Å². The quantitative estimate of drug-likeness (QED) is 0.282. The molecule has 7 nitrogen and oxygen atoms in total. The van der Waals surface area contributed by atoms with Crippen LogP contribution in [0.3, 0.4) is 0 Å². The van der Waals surface area contributed by atoms with Crippen molar-refractivity contribution in [2.45, 2.75) is 38.5 Å². The average molecular weight is 500 g/mol. The number of rotatable bonds is 12. The van der Waals surface area contributed by atoms with Gasteiger partial charge < -0.3 is 19.3 Å². The monoisotopic (exact) mass is 499 g/mol. The summed E-state index contributed by atoms with van der Waals surface area (Å²) in [6, 6.07) is 27.6. The predicted molar refractivity (Wildman–Crippen MR) is 143 cm³/mol. The van der Waals surface area contributed by atoms with Gasteiger partial charge in [-0.1, -0.05) is 48.5 Å². The summed E-state index contributed by atoms with van der Waals surface area (Å²) in [5.74, 6) is 2.68. The highest BCUT2D eigenvalue weighted by Crippen LogP contribution is 2.37. The van der Waals surface area contributed by atoms with E-state index in [1.165, 1.54) is 0 Å². The summed E-state index contributed by atoms with van der Waals surface area (Å²) < 4.78 is 19.7. The van der Waals surface area contributed by atoms with Gasteiger partial charge in [-0.2, -0.15) is 5.10 Å². The lowest BCUT2D eigenvalue weighted by Crippen LogP contribution is -2.36. The number of benzene rings is 3. The Morgan fingerprint density at radius 3 is 2.27 bits per heavy atom. The molecular formula is C30H33N3O4. The molecule has 0 bridgehead atoms. The van der Waals surface area contributed by atoms with Gasteiger partial charge in [0, 0.05) is 19.1 Å². The first kappa shape index (κ1) is 24.9. The van der Waals surface area contributed by atoms with Crippen LogP contribution in [0.15, 0.2) is 84.9 Å². The summed E-state index contributed by atoms with van der Waals surface area (Å²) in [4.78, 5) is 2.31. The van der Waals surface area contributed by atoms with Gasteiger partial charge in [-0.25, -0.2) is 4.68 Å². The molecule has 192 valence electrons. The second-order valence-electron chi connectivity index (χ2n) is 9.31. The van der Waals surface area contributed by atoms with E-state index in [-0.39, 0.29) is 6.61 Å². The van der Waals surface area contributed by atoms with E-state index in [9.17, 15) is 5.11 Å². The number of nitrogens with zero attached hydrogens (tertiary/aromatic N) is 3. The Labute approximate surface area is 217 Å². The number of aryl methyl sites for hydroxylation is 1. The van der Waals surface area contributed by atoms with Gasteiger partial charge in [-0.15, -0.1) is 0 Å². The van der Waals surface area contributed by atoms with Crippen LogP contribution in [-0.4, -0.2) is 52.2 Å². The molecule has 37 heavy (non-hydrogen) atoms. The number of hydrogen-bond donors (Lipinski definition) is 1. The molecule has 5 rings (SSSR count). The Morgan fingerprint density at radius 2 is 1.59 bits per heavy atom. The first-order valence-corrected chi connectivity index (χ1v) is 12.7. The van der Waals surface area contributed by atoms with Crippen molar-refractivity contribution in [2.75, 3.05) is 20.3 Å². The van der Waals surface area contributed by atoms with Crippen LogP contribution < -0.4 is 14.2 Å². The van der Waals surface area contributed by atoms with Gasteiger partial charge in [0.2, 0.25) is 5.88 Å². The van der Waals surface area contributed by atoms with Crippen LogP contribution in [0.4, 0.5) is 0 Å². The van der Waals surface area contributed by atoms with E-state index in [1.807, 2.05) is 96.5 Å². The van der Waals surface area contributed by atoms with E-state index >= 15 is 0 Å². The summed E-state index contributed by atoms with van der Waals surface area (Å²) in [7, 11) is 1.64. The van der Waals surface area contributed by atoms with Gasteiger partial charge >= 0.3 is 0 Å². The molecule has 1 N–H and O–H groups in total. The summed E-state index contributed by atoms with van der Waals surface area (Å²) in [6.07, 6.45) is 1.60. The molecule has 3 aromatic carbocycles. The number of methoxy groups -OCH3 is 1. The third kappa shape index (κ3) is 6.13.